The summed E-state index contributed by atoms with van der Waals surface area (Å²) in [5.74, 6) is 1.47. The molecule has 166 valence electrons. The molecule has 1 amide bonds. The zero-order chi connectivity index (χ0) is 21.9. The molecular formula is C24H27N5O3. The maximum absolute atomic E-state index is 13.0. The Morgan fingerprint density at radius 1 is 0.781 bits per heavy atom. The van der Waals surface area contributed by atoms with E-state index in [4.69, 9.17) is 4.42 Å². The number of fused-ring (bicyclic) bond motifs is 1. The van der Waals surface area contributed by atoms with Gasteiger partial charge in [0.2, 0.25) is 0 Å². The first-order valence-corrected chi connectivity index (χ1v) is 11.3. The summed E-state index contributed by atoms with van der Waals surface area (Å²) in [6, 6.07) is 12.9. The van der Waals surface area contributed by atoms with E-state index in [1.807, 2.05) is 24.3 Å². The van der Waals surface area contributed by atoms with Crippen molar-refractivity contribution in [1.29, 1.82) is 0 Å². The number of rotatable bonds is 3. The van der Waals surface area contributed by atoms with Crippen LogP contribution in [-0.2, 0) is 0 Å². The minimum Gasteiger partial charge on any atom is -0.422 e. The number of carbonyl (C=O) groups excluding carboxylic acids is 1. The van der Waals surface area contributed by atoms with E-state index in [0.29, 0.717) is 31.8 Å². The minimum absolute atomic E-state index is 0.0822. The maximum Gasteiger partial charge on any atom is 0.349 e. The highest BCUT2D eigenvalue weighted by Crippen LogP contribution is 2.20. The lowest BCUT2D eigenvalue weighted by atomic mass is 10.1. The van der Waals surface area contributed by atoms with Crippen LogP contribution in [0.15, 0.2) is 51.7 Å². The Labute approximate surface area is 186 Å². The Morgan fingerprint density at radius 3 is 2.06 bits per heavy atom. The van der Waals surface area contributed by atoms with Crippen LogP contribution in [-0.4, -0.2) is 60.3 Å². The first-order chi connectivity index (χ1) is 15.7. The van der Waals surface area contributed by atoms with Crippen molar-refractivity contribution in [1.82, 2.24) is 15.1 Å². The second-order valence-electron chi connectivity index (χ2n) is 8.42. The van der Waals surface area contributed by atoms with Crippen LogP contribution in [0.1, 0.15) is 36.0 Å². The van der Waals surface area contributed by atoms with Gasteiger partial charge in [-0.05, 0) is 37.1 Å². The molecule has 8 heteroatoms. The number of piperazine rings is 1. The van der Waals surface area contributed by atoms with E-state index in [-0.39, 0.29) is 11.5 Å². The number of carbonyl (C=O) groups is 1. The van der Waals surface area contributed by atoms with Gasteiger partial charge in [-0.25, -0.2) is 4.79 Å². The molecule has 2 fully saturated rings. The van der Waals surface area contributed by atoms with Crippen LogP contribution < -0.4 is 15.4 Å². The summed E-state index contributed by atoms with van der Waals surface area (Å²) in [5.41, 5.74) is -0.0223. The molecule has 0 spiro atoms. The second kappa shape index (κ2) is 8.98. The molecule has 4 heterocycles. The molecule has 0 unspecified atom stereocenters. The molecule has 2 aliphatic rings. The van der Waals surface area contributed by atoms with E-state index >= 15 is 0 Å². The summed E-state index contributed by atoms with van der Waals surface area (Å²) in [4.78, 5) is 31.5. The lowest BCUT2D eigenvalue weighted by Gasteiger charge is -2.35. The molecule has 1 aromatic carbocycles. The van der Waals surface area contributed by atoms with Gasteiger partial charge in [-0.15, -0.1) is 10.2 Å². The summed E-state index contributed by atoms with van der Waals surface area (Å²) in [7, 11) is 0. The van der Waals surface area contributed by atoms with Crippen LogP contribution in [0.5, 0.6) is 0 Å². The van der Waals surface area contributed by atoms with E-state index in [1.165, 1.54) is 25.7 Å². The average molecular weight is 434 g/mol. The van der Waals surface area contributed by atoms with Crippen molar-refractivity contribution in [3.63, 3.8) is 0 Å². The van der Waals surface area contributed by atoms with Crippen molar-refractivity contribution in [2.24, 2.45) is 0 Å². The average Bonchev–Trinajstić information content (AvgIpc) is 3.13. The fraction of sp³-hybridized carbons (Fsp3) is 0.417. The molecule has 0 saturated carbocycles. The first-order valence-electron chi connectivity index (χ1n) is 11.3. The number of anilines is 2. The van der Waals surface area contributed by atoms with Crippen molar-refractivity contribution < 1.29 is 9.21 Å². The second-order valence-corrected chi connectivity index (χ2v) is 8.42. The Kier molecular flexibility index (Phi) is 5.75. The Balaban J connectivity index is 1.23. The molecule has 8 nitrogen and oxygen atoms in total. The van der Waals surface area contributed by atoms with Crippen LogP contribution in [0.25, 0.3) is 11.0 Å². The van der Waals surface area contributed by atoms with E-state index in [0.717, 1.165) is 30.1 Å². The summed E-state index contributed by atoms with van der Waals surface area (Å²) in [6.07, 6.45) is 4.97. The van der Waals surface area contributed by atoms with Gasteiger partial charge >= 0.3 is 5.63 Å². The molecule has 2 aliphatic heterocycles. The maximum atomic E-state index is 13.0. The molecule has 0 bridgehead atoms. The fourth-order valence-electron chi connectivity index (χ4n) is 4.48. The zero-order valence-electron chi connectivity index (χ0n) is 18.1. The van der Waals surface area contributed by atoms with Crippen LogP contribution in [0.3, 0.4) is 0 Å². The Bertz CT molecular complexity index is 1140. The molecule has 2 saturated heterocycles. The highest BCUT2D eigenvalue weighted by Gasteiger charge is 2.26. The minimum atomic E-state index is -0.592. The van der Waals surface area contributed by atoms with Gasteiger partial charge in [-0.1, -0.05) is 31.0 Å². The Morgan fingerprint density at radius 2 is 1.41 bits per heavy atom. The van der Waals surface area contributed by atoms with Crippen LogP contribution >= 0.6 is 0 Å². The largest absolute Gasteiger partial charge is 0.422 e. The van der Waals surface area contributed by atoms with Crippen molar-refractivity contribution in [3.8, 4) is 0 Å². The smallest absolute Gasteiger partial charge is 0.349 e. The molecule has 0 N–H and O–H groups in total. The predicted octanol–water partition coefficient (Wildman–Crippen LogP) is 2.93. The summed E-state index contributed by atoms with van der Waals surface area (Å²) in [6.45, 7) is 4.39. The molecular weight excluding hydrogens is 406 g/mol. The number of hydrogen-bond acceptors (Lipinski definition) is 7. The van der Waals surface area contributed by atoms with Gasteiger partial charge in [-0.3, -0.25) is 4.79 Å². The summed E-state index contributed by atoms with van der Waals surface area (Å²) in [5, 5.41) is 9.66. The third-order valence-corrected chi connectivity index (χ3v) is 6.33. The molecule has 32 heavy (non-hydrogen) atoms. The predicted molar refractivity (Wildman–Crippen MR) is 123 cm³/mol. The van der Waals surface area contributed by atoms with Crippen molar-refractivity contribution in [2.75, 3.05) is 49.1 Å². The Hall–Kier alpha value is -3.42. The SMILES string of the molecule is O=C(c1cc2ccccc2oc1=O)N1CCN(c2ccc(N3CCCCCC3)nn2)CC1. The van der Waals surface area contributed by atoms with Gasteiger partial charge in [0.25, 0.3) is 5.91 Å². The van der Waals surface area contributed by atoms with Crippen molar-refractivity contribution in [3.05, 3.63) is 58.4 Å². The molecule has 3 aromatic rings. The zero-order valence-corrected chi connectivity index (χ0v) is 18.1. The van der Waals surface area contributed by atoms with Crippen LogP contribution in [0.2, 0.25) is 0 Å². The van der Waals surface area contributed by atoms with Gasteiger partial charge in [-0.2, -0.15) is 0 Å². The van der Waals surface area contributed by atoms with E-state index in [9.17, 15) is 9.59 Å². The highest BCUT2D eigenvalue weighted by atomic mass is 16.4. The van der Waals surface area contributed by atoms with Gasteiger partial charge < -0.3 is 19.1 Å². The van der Waals surface area contributed by atoms with Gasteiger partial charge in [0.1, 0.15) is 11.1 Å². The molecule has 0 radical (unpaired) electrons. The normalized spacial score (nSPS) is 17.4. The van der Waals surface area contributed by atoms with E-state index in [1.54, 1.807) is 23.1 Å². The number of hydrogen-bond donors (Lipinski definition) is 0. The van der Waals surface area contributed by atoms with Crippen molar-refractivity contribution >= 4 is 28.5 Å². The van der Waals surface area contributed by atoms with E-state index < -0.39 is 5.63 Å². The number of amides is 1. The van der Waals surface area contributed by atoms with Crippen molar-refractivity contribution in [2.45, 2.75) is 25.7 Å². The first kappa shape index (κ1) is 20.5. The summed E-state index contributed by atoms with van der Waals surface area (Å²) < 4.78 is 5.33. The lowest BCUT2D eigenvalue weighted by molar-refractivity contribution is 0.0742. The number of para-hydroxylation sites is 1. The third-order valence-electron chi connectivity index (χ3n) is 6.33. The van der Waals surface area contributed by atoms with Gasteiger partial charge in [0.15, 0.2) is 11.6 Å². The monoisotopic (exact) mass is 433 g/mol. The standard InChI is InChI=1S/C24H27N5O3/c30-23(19-17-18-7-3-4-8-20(18)32-24(19)31)29-15-13-28(14-16-29)22-10-9-21(25-26-22)27-11-5-1-2-6-12-27/h3-4,7-10,17H,1-2,5-6,11-16H2. The highest BCUT2D eigenvalue weighted by molar-refractivity contribution is 5.96. The van der Waals surface area contributed by atoms with Gasteiger partial charge in [0, 0.05) is 44.7 Å². The molecule has 5 rings (SSSR count). The quantitative estimate of drug-likeness (QED) is 0.587. The molecule has 2 aromatic heterocycles. The molecule has 0 atom stereocenters. The van der Waals surface area contributed by atoms with Crippen LogP contribution in [0.4, 0.5) is 11.6 Å². The van der Waals surface area contributed by atoms with Crippen LogP contribution in [0, 0.1) is 0 Å². The fourth-order valence-corrected chi connectivity index (χ4v) is 4.48. The van der Waals surface area contributed by atoms with Gasteiger partial charge in [0.05, 0.1) is 0 Å². The lowest BCUT2D eigenvalue weighted by Crippen LogP contribution is -2.49. The number of benzene rings is 1. The summed E-state index contributed by atoms with van der Waals surface area (Å²) >= 11 is 0. The third kappa shape index (κ3) is 4.17. The molecule has 0 aliphatic carbocycles. The number of aromatic nitrogens is 2. The van der Waals surface area contributed by atoms with E-state index in [2.05, 4.69) is 20.0 Å². The number of nitrogens with zero attached hydrogens (tertiary/aromatic N) is 5. The topological polar surface area (TPSA) is 82.8 Å².